The molecule has 3 nitrogen and oxygen atoms in total. The van der Waals surface area contributed by atoms with Crippen LogP contribution in [0.3, 0.4) is 0 Å². The highest BCUT2D eigenvalue weighted by atomic mass is 16.5. The van der Waals surface area contributed by atoms with Gasteiger partial charge in [0.1, 0.15) is 6.10 Å². The van der Waals surface area contributed by atoms with Crippen molar-refractivity contribution in [3.05, 3.63) is 11.8 Å². The molecule has 0 aromatic heterocycles. The van der Waals surface area contributed by atoms with Crippen LogP contribution in [0.25, 0.3) is 0 Å². The minimum atomic E-state index is -0.227. The smallest absolute Gasteiger partial charge is 0.225 e. The molecule has 2 heterocycles. The first kappa shape index (κ1) is 7.80. The topological polar surface area (TPSA) is 35.5 Å². The SMILES string of the molecule is O=C(C1=CCCO1)C1CCCO1. The van der Waals surface area contributed by atoms with Crippen LogP contribution in [0.1, 0.15) is 19.3 Å². The first-order valence-corrected chi connectivity index (χ1v) is 4.37. The summed E-state index contributed by atoms with van der Waals surface area (Å²) in [5, 5.41) is 0. The van der Waals surface area contributed by atoms with Crippen molar-refractivity contribution in [2.45, 2.75) is 25.4 Å². The first-order valence-electron chi connectivity index (χ1n) is 4.37. The van der Waals surface area contributed by atoms with Gasteiger partial charge in [-0.05, 0) is 18.9 Å². The maximum absolute atomic E-state index is 11.5. The molecular weight excluding hydrogens is 156 g/mol. The van der Waals surface area contributed by atoms with Gasteiger partial charge in [-0.25, -0.2) is 0 Å². The molecule has 1 unspecified atom stereocenters. The average molecular weight is 168 g/mol. The Morgan fingerprint density at radius 3 is 3.00 bits per heavy atom. The molecule has 12 heavy (non-hydrogen) atoms. The fraction of sp³-hybridized carbons (Fsp3) is 0.667. The van der Waals surface area contributed by atoms with Crippen LogP contribution >= 0.6 is 0 Å². The van der Waals surface area contributed by atoms with E-state index in [9.17, 15) is 4.79 Å². The predicted molar refractivity (Wildman–Crippen MR) is 42.6 cm³/mol. The largest absolute Gasteiger partial charge is 0.490 e. The van der Waals surface area contributed by atoms with Crippen molar-refractivity contribution in [1.29, 1.82) is 0 Å². The summed E-state index contributed by atoms with van der Waals surface area (Å²) in [4.78, 5) is 11.5. The van der Waals surface area contributed by atoms with Gasteiger partial charge in [-0.3, -0.25) is 4.79 Å². The van der Waals surface area contributed by atoms with Crippen LogP contribution < -0.4 is 0 Å². The second kappa shape index (κ2) is 3.27. The van der Waals surface area contributed by atoms with Crippen molar-refractivity contribution in [2.75, 3.05) is 13.2 Å². The summed E-state index contributed by atoms with van der Waals surface area (Å²) in [5.74, 6) is 0.548. The van der Waals surface area contributed by atoms with E-state index in [4.69, 9.17) is 9.47 Å². The van der Waals surface area contributed by atoms with E-state index in [0.29, 0.717) is 19.0 Å². The molecule has 1 fully saturated rings. The third-order valence-electron chi connectivity index (χ3n) is 2.17. The summed E-state index contributed by atoms with van der Waals surface area (Å²) >= 11 is 0. The van der Waals surface area contributed by atoms with Crippen LogP contribution in [0, 0.1) is 0 Å². The van der Waals surface area contributed by atoms with Crippen LogP contribution in [0.2, 0.25) is 0 Å². The Morgan fingerprint density at radius 2 is 2.42 bits per heavy atom. The molecule has 0 amide bonds. The summed E-state index contributed by atoms with van der Waals surface area (Å²) < 4.78 is 10.4. The fourth-order valence-corrected chi connectivity index (χ4v) is 1.53. The van der Waals surface area contributed by atoms with Gasteiger partial charge in [0, 0.05) is 13.0 Å². The lowest BCUT2D eigenvalue weighted by Gasteiger charge is -2.08. The summed E-state index contributed by atoms with van der Waals surface area (Å²) in [6, 6.07) is 0. The summed E-state index contributed by atoms with van der Waals surface area (Å²) in [6.07, 6.45) is 4.32. The normalized spacial score (nSPS) is 28.3. The first-order chi connectivity index (χ1) is 5.88. The number of hydrogen-bond acceptors (Lipinski definition) is 3. The molecule has 3 heteroatoms. The van der Waals surface area contributed by atoms with Gasteiger partial charge < -0.3 is 9.47 Å². The monoisotopic (exact) mass is 168 g/mol. The zero-order chi connectivity index (χ0) is 8.39. The van der Waals surface area contributed by atoms with Gasteiger partial charge in [0.2, 0.25) is 5.78 Å². The highest BCUT2D eigenvalue weighted by Crippen LogP contribution is 2.19. The fourth-order valence-electron chi connectivity index (χ4n) is 1.53. The van der Waals surface area contributed by atoms with Crippen LogP contribution in [0.5, 0.6) is 0 Å². The van der Waals surface area contributed by atoms with Crippen molar-refractivity contribution in [3.8, 4) is 0 Å². The molecule has 0 aromatic rings. The van der Waals surface area contributed by atoms with Crippen molar-refractivity contribution in [3.63, 3.8) is 0 Å². The van der Waals surface area contributed by atoms with Crippen molar-refractivity contribution >= 4 is 5.78 Å². The van der Waals surface area contributed by atoms with E-state index in [1.807, 2.05) is 6.08 Å². The summed E-state index contributed by atoms with van der Waals surface area (Å²) in [6.45, 7) is 1.36. The number of Topliss-reactive ketones (excluding diaryl/α,β-unsaturated/α-hetero) is 1. The van der Waals surface area contributed by atoms with Crippen LogP contribution in [-0.4, -0.2) is 25.1 Å². The quantitative estimate of drug-likeness (QED) is 0.618. The average Bonchev–Trinajstić information content (AvgIpc) is 2.77. The number of hydrogen-bond donors (Lipinski definition) is 0. The number of ether oxygens (including phenoxy) is 2. The van der Waals surface area contributed by atoms with Gasteiger partial charge in [-0.15, -0.1) is 0 Å². The van der Waals surface area contributed by atoms with Gasteiger partial charge in [0.15, 0.2) is 5.76 Å². The van der Waals surface area contributed by atoms with Gasteiger partial charge in [0.25, 0.3) is 0 Å². The third-order valence-corrected chi connectivity index (χ3v) is 2.17. The van der Waals surface area contributed by atoms with Crippen LogP contribution in [-0.2, 0) is 14.3 Å². The van der Waals surface area contributed by atoms with Crippen molar-refractivity contribution in [1.82, 2.24) is 0 Å². The van der Waals surface area contributed by atoms with Gasteiger partial charge in [0.05, 0.1) is 6.61 Å². The highest BCUT2D eigenvalue weighted by Gasteiger charge is 2.28. The Balaban J connectivity index is 1.98. The van der Waals surface area contributed by atoms with Crippen LogP contribution in [0.4, 0.5) is 0 Å². The van der Waals surface area contributed by atoms with E-state index >= 15 is 0 Å². The Labute approximate surface area is 71.3 Å². The molecular formula is C9H12O3. The summed E-state index contributed by atoms with van der Waals surface area (Å²) in [7, 11) is 0. The number of ketones is 1. The number of rotatable bonds is 2. The van der Waals surface area contributed by atoms with E-state index in [1.165, 1.54) is 0 Å². The third kappa shape index (κ3) is 1.37. The maximum Gasteiger partial charge on any atom is 0.225 e. The van der Waals surface area contributed by atoms with E-state index in [-0.39, 0.29) is 11.9 Å². The second-order valence-electron chi connectivity index (χ2n) is 3.07. The minimum Gasteiger partial charge on any atom is -0.490 e. The van der Waals surface area contributed by atoms with E-state index in [2.05, 4.69) is 0 Å². The standard InChI is InChI=1S/C9H12O3/c10-9(7-3-1-5-11-7)8-4-2-6-12-8/h3,8H,1-2,4-6H2. The molecule has 2 rings (SSSR count). The lowest BCUT2D eigenvalue weighted by Crippen LogP contribution is -2.21. The minimum absolute atomic E-state index is 0.0324. The number of carbonyl (C=O) groups is 1. The van der Waals surface area contributed by atoms with E-state index in [0.717, 1.165) is 19.3 Å². The Kier molecular flexibility index (Phi) is 2.13. The molecule has 0 aromatic carbocycles. The zero-order valence-corrected chi connectivity index (χ0v) is 6.91. The highest BCUT2D eigenvalue weighted by molar-refractivity contribution is 5.97. The Morgan fingerprint density at radius 1 is 1.50 bits per heavy atom. The molecule has 1 atom stereocenters. The molecule has 2 aliphatic rings. The van der Waals surface area contributed by atoms with Gasteiger partial charge >= 0.3 is 0 Å². The lowest BCUT2D eigenvalue weighted by molar-refractivity contribution is -0.127. The summed E-state index contributed by atoms with van der Waals surface area (Å²) in [5.41, 5.74) is 0. The van der Waals surface area contributed by atoms with Gasteiger partial charge in [-0.2, -0.15) is 0 Å². The molecule has 0 saturated carbocycles. The molecule has 0 bridgehead atoms. The maximum atomic E-state index is 11.5. The predicted octanol–water partition coefficient (Wildman–Crippen LogP) is 1.04. The van der Waals surface area contributed by atoms with Crippen LogP contribution in [0.15, 0.2) is 11.8 Å². The van der Waals surface area contributed by atoms with E-state index in [1.54, 1.807) is 0 Å². The molecule has 1 saturated heterocycles. The molecule has 66 valence electrons. The molecule has 0 N–H and O–H groups in total. The van der Waals surface area contributed by atoms with E-state index < -0.39 is 0 Å². The Bertz CT molecular complexity index is 214. The molecule has 2 aliphatic heterocycles. The zero-order valence-electron chi connectivity index (χ0n) is 6.91. The lowest BCUT2D eigenvalue weighted by atomic mass is 10.1. The van der Waals surface area contributed by atoms with Crippen molar-refractivity contribution < 1.29 is 14.3 Å². The number of carbonyl (C=O) groups excluding carboxylic acids is 1. The molecule has 0 spiro atoms. The Hall–Kier alpha value is -0.830. The second-order valence-corrected chi connectivity index (χ2v) is 3.07. The molecule has 0 aliphatic carbocycles. The van der Waals surface area contributed by atoms with Gasteiger partial charge in [-0.1, -0.05) is 0 Å². The molecule has 0 radical (unpaired) electrons. The van der Waals surface area contributed by atoms with Crippen molar-refractivity contribution in [2.24, 2.45) is 0 Å².